The highest BCUT2D eigenvalue weighted by molar-refractivity contribution is 8.00. The first kappa shape index (κ1) is 13.3. The lowest BCUT2D eigenvalue weighted by Gasteiger charge is -2.04. The SMILES string of the molecule is CCC(O)c1cn(CCSC(F)(F)F)nn1. The Morgan fingerprint density at radius 2 is 2.25 bits per heavy atom. The molecule has 0 aliphatic rings. The van der Waals surface area contributed by atoms with Gasteiger partial charge in [-0.3, -0.25) is 4.68 Å². The first-order chi connectivity index (χ1) is 7.42. The zero-order valence-electron chi connectivity index (χ0n) is 8.61. The van der Waals surface area contributed by atoms with Gasteiger partial charge < -0.3 is 5.11 Å². The average molecular weight is 255 g/mol. The maximum atomic E-state index is 11.8. The van der Waals surface area contributed by atoms with E-state index >= 15 is 0 Å². The average Bonchev–Trinajstić information content (AvgIpc) is 2.63. The van der Waals surface area contributed by atoms with Gasteiger partial charge in [0, 0.05) is 5.75 Å². The summed E-state index contributed by atoms with van der Waals surface area (Å²) in [6, 6.07) is 0. The van der Waals surface area contributed by atoms with Crippen molar-refractivity contribution in [2.45, 2.75) is 31.5 Å². The number of rotatable bonds is 5. The molecule has 0 aliphatic carbocycles. The van der Waals surface area contributed by atoms with Gasteiger partial charge in [0.25, 0.3) is 0 Å². The van der Waals surface area contributed by atoms with Crippen molar-refractivity contribution in [3.05, 3.63) is 11.9 Å². The van der Waals surface area contributed by atoms with Gasteiger partial charge in [-0.1, -0.05) is 12.1 Å². The third-order valence-corrected chi connectivity index (χ3v) is 2.58. The summed E-state index contributed by atoms with van der Waals surface area (Å²) >= 11 is -0.0993. The molecule has 1 rings (SSSR count). The molecule has 0 fully saturated rings. The molecule has 1 aromatic rings. The third kappa shape index (κ3) is 4.40. The largest absolute Gasteiger partial charge is 0.441 e. The lowest BCUT2D eigenvalue weighted by Crippen LogP contribution is -2.07. The minimum atomic E-state index is -4.22. The normalized spacial score (nSPS) is 14.1. The zero-order chi connectivity index (χ0) is 12.2. The summed E-state index contributed by atoms with van der Waals surface area (Å²) in [7, 11) is 0. The Bertz CT molecular complexity index is 329. The van der Waals surface area contributed by atoms with E-state index in [1.807, 2.05) is 0 Å². The molecule has 0 radical (unpaired) electrons. The summed E-state index contributed by atoms with van der Waals surface area (Å²) in [4.78, 5) is 0. The molecular weight excluding hydrogens is 243 g/mol. The van der Waals surface area contributed by atoms with Crippen LogP contribution in [0.3, 0.4) is 0 Å². The molecule has 0 saturated carbocycles. The zero-order valence-corrected chi connectivity index (χ0v) is 9.42. The summed E-state index contributed by atoms with van der Waals surface area (Å²) < 4.78 is 36.8. The Morgan fingerprint density at radius 3 is 2.81 bits per heavy atom. The molecule has 1 heterocycles. The van der Waals surface area contributed by atoms with Crippen LogP contribution >= 0.6 is 11.8 Å². The minimum absolute atomic E-state index is 0.0993. The van der Waals surface area contributed by atoms with Gasteiger partial charge in [0.15, 0.2) is 0 Å². The molecule has 1 unspecified atom stereocenters. The second-order valence-electron chi connectivity index (χ2n) is 3.12. The summed E-state index contributed by atoms with van der Waals surface area (Å²) in [6.07, 6.45) is 1.25. The number of aromatic nitrogens is 3. The lowest BCUT2D eigenvalue weighted by atomic mass is 10.2. The van der Waals surface area contributed by atoms with Crippen LogP contribution in [-0.2, 0) is 6.54 Å². The topological polar surface area (TPSA) is 50.9 Å². The van der Waals surface area contributed by atoms with E-state index in [2.05, 4.69) is 10.3 Å². The van der Waals surface area contributed by atoms with Crippen LogP contribution in [0, 0.1) is 0 Å². The molecule has 0 spiro atoms. The van der Waals surface area contributed by atoms with E-state index in [0.29, 0.717) is 12.1 Å². The van der Waals surface area contributed by atoms with Gasteiger partial charge in [0.2, 0.25) is 0 Å². The van der Waals surface area contributed by atoms with Crippen molar-refractivity contribution in [1.29, 1.82) is 0 Å². The molecule has 1 aromatic heterocycles. The van der Waals surface area contributed by atoms with E-state index in [1.54, 1.807) is 6.92 Å². The van der Waals surface area contributed by atoms with E-state index in [-0.39, 0.29) is 24.1 Å². The fourth-order valence-corrected chi connectivity index (χ4v) is 1.55. The van der Waals surface area contributed by atoms with Gasteiger partial charge in [0.1, 0.15) is 5.69 Å². The Balaban J connectivity index is 2.41. The fraction of sp³-hybridized carbons (Fsp3) is 0.750. The van der Waals surface area contributed by atoms with Gasteiger partial charge in [-0.25, -0.2) is 0 Å². The molecular formula is C8H12F3N3OS. The van der Waals surface area contributed by atoms with Gasteiger partial charge in [-0.15, -0.1) is 5.10 Å². The number of halogens is 3. The van der Waals surface area contributed by atoms with Crippen LogP contribution in [-0.4, -0.2) is 31.4 Å². The predicted octanol–water partition coefficient (Wildman–Crippen LogP) is 1.97. The second-order valence-corrected chi connectivity index (χ2v) is 4.28. The monoisotopic (exact) mass is 255 g/mol. The van der Waals surface area contributed by atoms with E-state index in [4.69, 9.17) is 0 Å². The van der Waals surface area contributed by atoms with Crippen molar-refractivity contribution >= 4 is 11.8 Å². The third-order valence-electron chi connectivity index (χ3n) is 1.87. The maximum absolute atomic E-state index is 11.8. The van der Waals surface area contributed by atoms with Gasteiger partial charge in [-0.2, -0.15) is 13.2 Å². The number of hydrogen-bond donors (Lipinski definition) is 1. The van der Waals surface area contributed by atoms with Crippen LogP contribution in [0.4, 0.5) is 13.2 Å². The highest BCUT2D eigenvalue weighted by Crippen LogP contribution is 2.29. The Hall–Kier alpha value is -0.760. The summed E-state index contributed by atoms with van der Waals surface area (Å²) in [5, 5.41) is 16.7. The van der Waals surface area contributed by atoms with Crippen molar-refractivity contribution in [1.82, 2.24) is 15.0 Å². The Labute approximate surface area is 94.8 Å². The molecule has 92 valence electrons. The van der Waals surface area contributed by atoms with Crippen molar-refractivity contribution in [3.8, 4) is 0 Å². The second kappa shape index (κ2) is 5.53. The highest BCUT2D eigenvalue weighted by atomic mass is 32.2. The molecule has 8 heteroatoms. The first-order valence-corrected chi connectivity index (χ1v) is 5.69. The molecule has 1 N–H and O–H groups in total. The van der Waals surface area contributed by atoms with Crippen LogP contribution in [0.15, 0.2) is 6.20 Å². The van der Waals surface area contributed by atoms with Crippen LogP contribution in [0.5, 0.6) is 0 Å². The smallest absolute Gasteiger partial charge is 0.387 e. The van der Waals surface area contributed by atoms with Crippen LogP contribution in [0.1, 0.15) is 25.1 Å². The summed E-state index contributed by atoms with van der Waals surface area (Å²) in [6.45, 7) is 1.90. The van der Waals surface area contributed by atoms with E-state index in [9.17, 15) is 18.3 Å². The minimum Gasteiger partial charge on any atom is -0.387 e. The number of hydrogen-bond acceptors (Lipinski definition) is 4. The van der Waals surface area contributed by atoms with Crippen molar-refractivity contribution in [2.24, 2.45) is 0 Å². The highest BCUT2D eigenvalue weighted by Gasteiger charge is 2.27. The van der Waals surface area contributed by atoms with Crippen LogP contribution in [0.2, 0.25) is 0 Å². The van der Waals surface area contributed by atoms with Crippen LogP contribution in [0.25, 0.3) is 0 Å². The Kier molecular flexibility index (Phi) is 4.60. The molecule has 0 amide bonds. The van der Waals surface area contributed by atoms with E-state index < -0.39 is 11.6 Å². The predicted molar refractivity (Wildman–Crippen MR) is 53.8 cm³/mol. The van der Waals surface area contributed by atoms with Crippen molar-refractivity contribution in [3.63, 3.8) is 0 Å². The van der Waals surface area contributed by atoms with Crippen molar-refractivity contribution < 1.29 is 18.3 Å². The molecule has 4 nitrogen and oxygen atoms in total. The fourth-order valence-electron chi connectivity index (χ4n) is 1.04. The first-order valence-electron chi connectivity index (χ1n) is 4.71. The molecule has 16 heavy (non-hydrogen) atoms. The standard InChI is InChI=1S/C8H12F3N3OS/c1-2-7(15)6-5-14(13-12-6)3-4-16-8(9,10)11/h5,7,15H,2-4H2,1H3. The van der Waals surface area contributed by atoms with E-state index in [0.717, 1.165) is 0 Å². The van der Waals surface area contributed by atoms with Gasteiger partial charge in [0.05, 0.1) is 18.8 Å². The quantitative estimate of drug-likeness (QED) is 0.874. The number of alkyl halides is 3. The number of aryl methyl sites for hydroxylation is 1. The van der Waals surface area contributed by atoms with Gasteiger partial charge in [-0.05, 0) is 18.2 Å². The Morgan fingerprint density at radius 1 is 1.56 bits per heavy atom. The van der Waals surface area contributed by atoms with E-state index in [1.165, 1.54) is 10.9 Å². The number of thioether (sulfide) groups is 1. The lowest BCUT2D eigenvalue weighted by molar-refractivity contribution is -0.0328. The molecule has 0 saturated heterocycles. The van der Waals surface area contributed by atoms with Crippen LogP contribution < -0.4 is 0 Å². The molecule has 0 aromatic carbocycles. The maximum Gasteiger partial charge on any atom is 0.441 e. The van der Waals surface area contributed by atoms with Gasteiger partial charge >= 0.3 is 5.51 Å². The number of aliphatic hydroxyl groups excluding tert-OH is 1. The summed E-state index contributed by atoms with van der Waals surface area (Å²) in [5.74, 6) is -0.117. The molecule has 0 bridgehead atoms. The molecule has 1 atom stereocenters. The molecule has 0 aliphatic heterocycles. The number of nitrogens with zero attached hydrogens (tertiary/aromatic N) is 3. The summed E-state index contributed by atoms with van der Waals surface area (Å²) in [5.41, 5.74) is -3.83. The number of aliphatic hydroxyl groups is 1. The van der Waals surface area contributed by atoms with Crippen molar-refractivity contribution in [2.75, 3.05) is 5.75 Å².